The van der Waals surface area contributed by atoms with Crippen molar-refractivity contribution in [1.82, 2.24) is 26.6 Å². The molecular weight excluding hydrogens is 642 g/mol. The van der Waals surface area contributed by atoms with E-state index >= 15 is 0 Å². The van der Waals surface area contributed by atoms with Crippen LogP contribution in [0.1, 0.15) is 51.0 Å². The summed E-state index contributed by atoms with van der Waals surface area (Å²) in [6, 6.07) is -0.113. The standard InChI is InChI=1S/C30H49N11O8/c1-16(42)23(28(48)49)41-27(47)22(15-17-8-10-18(43)11-9-17)40-26(46)21(7-4-14-37-30(33)34)39-25(45)20(6-3-13-36-29(31)32)38-24(44)19-5-2-12-35-19/h8-11,16,19-23,35,42-43H,2-7,12-15H2,1H3,(H,38,44)(H,39,45)(H,40,46)(H,41,47)(H,48,49)(H4,31,32,36)(H4,33,34,37)/t16-,19+,20+,21+,22+,23+/m1/s1. The zero-order valence-electron chi connectivity index (χ0n) is 27.4. The number of benzene rings is 1. The monoisotopic (exact) mass is 691 g/mol. The number of aliphatic hydroxyl groups is 1. The molecule has 4 amide bonds. The first-order chi connectivity index (χ1) is 23.2. The molecule has 0 spiro atoms. The summed E-state index contributed by atoms with van der Waals surface area (Å²) in [5.74, 6) is -4.64. The number of hydrogen-bond donors (Lipinski definition) is 12. The first-order valence-corrected chi connectivity index (χ1v) is 15.9. The second kappa shape index (κ2) is 20.3. The number of carbonyl (C=O) groups excluding carboxylic acids is 4. The Hall–Kier alpha value is -5.17. The van der Waals surface area contributed by atoms with Crippen molar-refractivity contribution in [2.45, 2.75) is 88.2 Å². The Bertz CT molecular complexity index is 1330. The van der Waals surface area contributed by atoms with Gasteiger partial charge in [-0.2, -0.15) is 0 Å². The molecule has 1 aliphatic heterocycles. The lowest BCUT2D eigenvalue weighted by Crippen LogP contribution is -2.59. The van der Waals surface area contributed by atoms with Crippen molar-refractivity contribution in [3.63, 3.8) is 0 Å². The minimum atomic E-state index is -1.68. The van der Waals surface area contributed by atoms with Gasteiger partial charge in [0.15, 0.2) is 18.0 Å². The summed E-state index contributed by atoms with van der Waals surface area (Å²) in [6.07, 6.45) is 0.453. The SMILES string of the molecule is C[C@@H](O)[C@H](NC(=O)[C@H](Cc1ccc(O)cc1)NC(=O)[C@H](CCCN=C(N)N)NC(=O)[C@H](CCCN=C(N)N)NC(=O)[C@@H]1CCCN1)C(=O)O. The molecule has 272 valence electrons. The predicted octanol–water partition coefficient (Wildman–Crippen LogP) is -3.80. The minimum absolute atomic E-state index is 0.00613. The van der Waals surface area contributed by atoms with Crippen LogP contribution in [-0.2, 0) is 30.4 Å². The van der Waals surface area contributed by atoms with E-state index in [0.717, 1.165) is 6.42 Å². The molecule has 49 heavy (non-hydrogen) atoms. The maximum Gasteiger partial charge on any atom is 0.328 e. The van der Waals surface area contributed by atoms with Gasteiger partial charge >= 0.3 is 5.97 Å². The van der Waals surface area contributed by atoms with Gasteiger partial charge in [0.25, 0.3) is 0 Å². The van der Waals surface area contributed by atoms with Crippen LogP contribution in [-0.4, -0.2) is 113 Å². The lowest BCUT2D eigenvalue weighted by molar-refractivity contribution is -0.145. The molecule has 1 aromatic rings. The van der Waals surface area contributed by atoms with E-state index < -0.39 is 60.0 Å². The van der Waals surface area contributed by atoms with Gasteiger partial charge < -0.3 is 64.8 Å². The molecule has 16 N–H and O–H groups in total. The summed E-state index contributed by atoms with van der Waals surface area (Å²) in [5.41, 5.74) is 22.1. The van der Waals surface area contributed by atoms with Crippen molar-refractivity contribution >= 4 is 41.5 Å². The summed E-state index contributed by atoms with van der Waals surface area (Å²) < 4.78 is 0. The highest BCUT2D eigenvalue weighted by Crippen LogP contribution is 2.13. The number of aromatic hydroxyl groups is 1. The molecule has 6 atom stereocenters. The molecule has 0 unspecified atom stereocenters. The summed E-state index contributed by atoms with van der Waals surface area (Å²) >= 11 is 0. The lowest BCUT2D eigenvalue weighted by atomic mass is 10.0. The maximum absolute atomic E-state index is 13.8. The minimum Gasteiger partial charge on any atom is -0.508 e. The van der Waals surface area contributed by atoms with E-state index in [1.165, 1.54) is 31.2 Å². The highest BCUT2D eigenvalue weighted by Gasteiger charge is 2.33. The summed E-state index contributed by atoms with van der Waals surface area (Å²) in [7, 11) is 0. The molecule has 1 aliphatic rings. The molecule has 19 heteroatoms. The van der Waals surface area contributed by atoms with Crippen LogP contribution in [0.25, 0.3) is 0 Å². The number of guanidine groups is 2. The number of aliphatic hydroxyl groups excluding tert-OH is 1. The number of carboxylic acids is 1. The molecular formula is C30H49N11O8. The normalized spacial score (nSPS) is 16.9. The van der Waals surface area contributed by atoms with Gasteiger partial charge in [-0.3, -0.25) is 29.2 Å². The average Bonchev–Trinajstić information content (AvgIpc) is 3.58. The number of carbonyl (C=O) groups is 5. The largest absolute Gasteiger partial charge is 0.508 e. The van der Waals surface area contributed by atoms with Crippen LogP contribution in [0.4, 0.5) is 0 Å². The van der Waals surface area contributed by atoms with E-state index in [2.05, 4.69) is 36.6 Å². The second-order valence-corrected chi connectivity index (χ2v) is 11.7. The van der Waals surface area contributed by atoms with Crippen LogP contribution < -0.4 is 49.5 Å². The van der Waals surface area contributed by atoms with Crippen molar-refractivity contribution in [2.24, 2.45) is 32.9 Å². The van der Waals surface area contributed by atoms with Crippen LogP contribution in [0.5, 0.6) is 5.75 Å². The lowest BCUT2D eigenvalue weighted by Gasteiger charge is -2.27. The smallest absolute Gasteiger partial charge is 0.328 e. The molecule has 0 aliphatic carbocycles. The zero-order chi connectivity index (χ0) is 36.5. The van der Waals surface area contributed by atoms with Gasteiger partial charge in [0.2, 0.25) is 23.6 Å². The van der Waals surface area contributed by atoms with Crippen molar-refractivity contribution in [2.75, 3.05) is 19.6 Å². The average molecular weight is 692 g/mol. The van der Waals surface area contributed by atoms with Gasteiger partial charge in [-0.05, 0) is 69.7 Å². The van der Waals surface area contributed by atoms with Gasteiger partial charge in [-0.1, -0.05) is 12.1 Å². The molecule has 19 nitrogen and oxygen atoms in total. The van der Waals surface area contributed by atoms with Crippen LogP contribution in [0, 0.1) is 0 Å². The number of carboxylic acid groups (broad SMARTS) is 1. The molecule has 0 radical (unpaired) electrons. The van der Waals surface area contributed by atoms with E-state index in [0.29, 0.717) is 24.9 Å². The van der Waals surface area contributed by atoms with Gasteiger partial charge in [-0.25, -0.2) is 4.79 Å². The number of phenolic OH excluding ortho intramolecular Hbond substituents is 1. The van der Waals surface area contributed by atoms with Crippen LogP contribution in [0.15, 0.2) is 34.3 Å². The first-order valence-electron chi connectivity index (χ1n) is 15.9. The molecule has 0 bridgehead atoms. The highest BCUT2D eigenvalue weighted by atomic mass is 16.4. The van der Waals surface area contributed by atoms with Gasteiger partial charge in [0, 0.05) is 19.5 Å². The van der Waals surface area contributed by atoms with Crippen molar-refractivity contribution in [1.29, 1.82) is 0 Å². The fourth-order valence-corrected chi connectivity index (χ4v) is 4.99. The Morgan fingerprint density at radius 1 is 0.837 bits per heavy atom. The first kappa shape index (κ1) is 40.0. The Balaban J connectivity index is 2.34. The van der Waals surface area contributed by atoms with Gasteiger partial charge in [-0.15, -0.1) is 0 Å². The molecule has 0 aromatic heterocycles. The zero-order valence-corrected chi connectivity index (χ0v) is 27.4. The molecule has 1 saturated heterocycles. The number of rotatable bonds is 20. The number of amides is 4. The number of nitrogens with one attached hydrogen (secondary N) is 5. The Labute approximate surface area is 283 Å². The topological polar surface area (TPSA) is 335 Å². The van der Waals surface area contributed by atoms with E-state index in [-0.39, 0.29) is 62.3 Å². The number of aliphatic imine (C=N–C) groups is 2. The third-order valence-corrected chi connectivity index (χ3v) is 7.59. The Morgan fingerprint density at radius 3 is 1.82 bits per heavy atom. The van der Waals surface area contributed by atoms with E-state index in [1.54, 1.807) is 0 Å². The number of nitrogens with two attached hydrogens (primary N) is 4. The maximum atomic E-state index is 13.8. The number of hydrogen-bond acceptors (Lipinski definition) is 10. The van der Waals surface area contributed by atoms with Crippen molar-refractivity contribution in [3.8, 4) is 5.75 Å². The van der Waals surface area contributed by atoms with Gasteiger partial charge in [0.05, 0.1) is 12.1 Å². The van der Waals surface area contributed by atoms with E-state index in [1.807, 2.05) is 0 Å². The molecule has 1 heterocycles. The fourth-order valence-electron chi connectivity index (χ4n) is 4.99. The quantitative estimate of drug-likeness (QED) is 0.0355. The fraction of sp³-hybridized carbons (Fsp3) is 0.567. The van der Waals surface area contributed by atoms with E-state index in [9.17, 15) is 39.3 Å². The van der Waals surface area contributed by atoms with Crippen LogP contribution in [0.3, 0.4) is 0 Å². The predicted molar refractivity (Wildman–Crippen MR) is 180 cm³/mol. The molecule has 1 fully saturated rings. The summed E-state index contributed by atoms with van der Waals surface area (Å²) in [4.78, 5) is 73.2. The molecule has 2 rings (SSSR count). The Kier molecular flexibility index (Phi) is 16.5. The van der Waals surface area contributed by atoms with Gasteiger partial charge in [0.1, 0.15) is 23.9 Å². The summed E-state index contributed by atoms with van der Waals surface area (Å²) in [6.45, 7) is 2.13. The second-order valence-electron chi connectivity index (χ2n) is 11.7. The third kappa shape index (κ3) is 14.6. The van der Waals surface area contributed by atoms with Crippen molar-refractivity contribution < 1.29 is 39.3 Å². The number of nitrogens with zero attached hydrogens (tertiary/aromatic N) is 2. The van der Waals surface area contributed by atoms with Crippen LogP contribution in [0.2, 0.25) is 0 Å². The highest BCUT2D eigenvalue weighted by molar-refractivity contribution is 5.95. The molecule has 1 aromatic carbocycles. The molecule has 0 saturated carbocycles. The Morgan fingerprint density at radius 2 is 1.35 bits per heavy atom. The van der Waals surface area contributed by atoms with E-state index in [4.69, 9.17) is 22.9 Å². The number of aliphatic carboxylic acids is 1. The summed E-state index contributed by atoms with van der Waals surface area (Å²) in [5, 5.41) is 42.4. The van der Waals surface area contributed by atoms with Crippen molar-refractivity contribution in [3.05, 3.63) is 29.8 Å². The number of phenols is 1. The van der Waals surface area contributed by atoms with Crippen LogP contribution >= 0.6 is 0 Å². The third-order valence-electron chi connectivity index (χ3n) is 7.59.